The maximum atomic E-state index is 12.8. The molecule has 13 heavy (non-hydrogen) atoms. The number of benzene rings is 1. The third kappa shape index (κ3) is 1.70. The highest BCUT2D eigenvalue weighted by Crippen LogP contribution is 2.19. The third-order valence-corrected chi connectivity index (χ3v) is 1.51. The molecule has 70 valence electrons. The summed E-state index contributed by atoms with van der Waals surface area (Å²) in [5.41, 5.74) is -0.575. The molecule has 1 unspecified atom stereocenters. The normalized spacial score (nSPS) is 12.6. The molecule has 0 amide bonds. The molecule has 0 saturated carbocycles. The van der Waals surface area contributed by atoms with Crippen molar-refractivity contribution in [3.63, 3.8) is 0 Å². The Morgan fingerprint density at radius 1 is 1.23 bits per heavy atom. The molecule has 0 bridgehead atoms. The monoisotopic (exact) mass is 190 g/mol. The van der Waals surface area contributed by atoms with Crippen LogP contribution in [0.15, 0.2) is 12.1 Å². The Morgan fingerprint density at radius 2 is 1.85 bits per heavy atom. The minimum atomic E-state index is -1.77. The van der Waals surface area contributed by atoms with Crippen molar-refractivity contribution in [1.29, 1.82) is 0 Å². The average molecular weight is 190 g/mol. The van der Waals surface area contributed by atoms with Gasteiger partial charge >= 0.3 is 0 Å². The lowest BCUT2D eigenvalue weighted by Gasteiger charge is -2.05. The van der Waals surface area contributed by atoms with Gasteiger partial charge in [0, 0.05) is 5.56 Å². The van der Waals surface area contributed by atoms with Gasteiger partial charge in [-0.1, -0.05) is 0 Å². The van der Waals surface area contributed by atoms with Crippen molar-refractivity contribution in [2.24, 2.45) is 0 Å². The van der Waals surface area contributed by atoms with Crippen molar-refractivity contribution in [2.45, 2.75) is 6.10 Å². The summed E-state index contributed by atoms with van der Waals surface area (Å²) in [6.45, 7) is 0. The van der Waals surface area contributed by atoms with Crippen molar-refractivity contribution < 1.29 is 23.1 Å². The van der Waals surface area contributed by atoms with E-state index in [0.29, 0.717) is 6.07 Å². The molecule has 0 radical (unpaired) electrons. The zero-order chi connectivity index (χ0) is 10.0. The summed E-state index contributed by atoms with van der Waals surface area (Å²) >= 11 is 0. The topological polar surface area (TPSA) is 37.3 Å². The first-order valence-electron chi connectivity index (χ1n) is 3.34. The van der Waals surface area contributed by atoms with Gasteiger partial charge < -0.3 is 9.90 Å². The zero-order valence-electron chi connectivity index (χ0n) is 6.30. The highest BCUT2D eigenvalue weighted by Gasteiger charge is 2.18. The summed E-state index contributed by atoms with van der Waals surface area (Å²) in [6, 6.07) is 1.45. The molecule has 0 spiro atoms. The van der Waals surface area contributed by atoms with Crippen molar-refractivity contribution in [1.82, 2.24) is 0 Å². The highest BCUT2D eigenvalue weighted by molar-refractivity contribution is 5.59. The molecule has 1 atom stereocenters. The Labute approximate surface area is 71.6 Å². The van der Waals surface area contributed by atoms with Crippen molar-refractivity contribution in [2.75, 3.05) is 0 Å². The molecule has 1 aromatic carbocycles. The number of carbonyl (C=O) groups is 1. The molecule has 0 fully saturated rings. The fourth-order valence-corrected chi connectivity index (χ4v) is 0.843. The largest absolute Gasteiger partial charge is 0.381 e. The van der Waals surface area contributed by atoms with Crippen LogP contribution in [-0.4, -0.2) is 11.4 Å². The van der Waals surface area contributed by atoms with Gasteiger partial charge in [0.15, 0.2) is 23.7 Å². The molecular formula is C8H5F3O2. The van der Waals surface area contributed by atoms with E-state index in [9.17, 15) is 18.0 Å². The lowest BCUT2D eigenvalue weighted by Crippen LogP contribution is -2.04. The number of hydrogen-bond donors (Lipinski definition) is 1. The van der Waals surface area contributed by atoms with Crippen LogP contribution in [0.3, 0.4) is 0 Å². The predicted molar refractivity (Wildman–Crippen MR) is 37.3 cm³/mol. The quantitative estimate of drug-likeness (QED) is 0.564. The van der Waals surface area contributed by atoms with Gasteiger partial charge in [0.1, 0.15) is 6.10 Å². The SMILES string of the molecule is O=CC(O)c1ccc(F)c(F)c1F. The van der Waals surface area contributed by atoms with Crippen LogP contribution in [0.1, 0.15) is 11.7 Å². The smallest absolute Gasteiger partial charge is 0.194 e. The highest BCUT2D eigenvalue weighted by atomic mass is 19.2. The van der Waals surface area contributed by atoms with Crippen LogP contribution in [0, 0.1) is 17.5 Å². The molecule has 0 heterocycles. The Morgan fingerprint density at radius 3 is 2.38 bits per heavy atom. The second-order valence-corrected chi connectivity index (χ2v) is 2.35. The van der Waals surface area contributed by atoms with E-state index in [4.69, 9.17) is 5.11 Å². The van der Waals surface area contributed by atoms with Gasteiger partial charge in [-0.25, -0.2) is 13.2 Å². The first-order chi connectivity index (χ1) is 6.07. The fourth-order valence-electron chi connectivity index (χ4n) is 0.843. The number of rotatable bonds is 2. The molecule has 0 aliphatic heterocycles. The summed E-state index contributed by atoms with van der Waals surface area (Å²) in [4.78, 5) is 10.0. The lowest BCUT2D eigenvalue weighted by molar-refractivity contribution is -0.115. The summed E-state index contributed by atoms with van der Waals surface area (Å²) in [5.74, 6) is -4.60. The predicted octanol–water partition coefficient (Wildman–Crippen LogP) is 1.34. The van der Waals surface area contributed by atoms with E-state index in [1.54, 1.807) is 0 Å². The summed E-state index contributed by atoms with van der Waals surface area (Å²) in [7, 11) is 0. The van der Waals surface area contributed by atoms with E-state index < -0.39 is 29.1 Å². The van der Waals surface area contributed by atoms with Crippen LogP contribution < -0.4 is 0 Å². The Kier molecular flexibility index (Phi) is 2.67. The molecule has 5 heteroatoms. The molecule has 0 aliphatic rings. The van der Waals surface area contributed by atoms with Crippen LogP contribution in [0.25, 0.3) is 0 Å². The molecular weight excluding hydrogens is 185 g/mol. The molecule has 0 aromatic heterocycles. The van der Waals surface area contributed by atoms with Crippen LogP contribution in [0.5, 0.6) is 0 Å². The van der Waals surface area contributed by atoms with Gasteiger partial charge in [-0.05, 0) is 12.1 Å². The van der Waals surface area contributed by atoms with Crippen LogP contribution in [-0.2, 0) is 4.79 Å². The minimum Gasteiger partial charge on any atom is -0.381 e. The van der Waals surface area contributed by atoms with Crippen molar-refractivity contribution in [3.8, 4) is 0 Å². The number of hydrogen-bond acceptors (Lipinski definition) is 2. The molecule has 0 saturated heterocycles. The summed E-state index contributed by atoms with van der Waals surface area (Å²) < 4.78 is 37.6. The molecule has 2 nitrogen and oxygen atoms in total. The van der Waals surface area contributed by atoms with Crippen LogP contribution >= 0.6 is 0 Å². The Hall–Kier alpha value is -1.36. The second kappa shape index (κ2) is 3.57. The number of aliphatic hydroxyl groups excluding tert-OH is 1. The zero-order valence-corrected chi connectivity index (χ0v) is 6.30. The van der Waals surface area contributed by atoms with E-state index >= 15 is 0 Å². The third-order valence-electron chi connectivity index (χ3n) is 1.51. The van der Waals surface area contributed by atoms with Gasteiger partial charge in [-0.3, -0.25) is 0 Å². The first-order valence-corrected chi connectivity index (χ1v) is 3.34. The van der Waals surface area contributed by atoms with E-state index in [2.05, 4.69) is 0 Å². The minimum absolute atomic E-state index is 0.0236. The second-order valence-electron chi connectivity index (χ2n) is 2.35. The van der Waals surface area contributed by atoms with Gasteiger partial charge in [-0.15, -0.1) is 0 Å². The molecule has 1 aromatic rings. The van der Waals surface area contributed by atoms with E-state index in [1.165, 1.54) is 0 Å². The summed E-state index contributed by atoms with van der Waals surface area (Å²) in [5, 5.41) is 8.83. The van der Waals surface area contributed by atoms with Gasteiger partial charge in [0.25, 0.3) is 0 Å². The average Bonchev–Trinajstić information content (AvgIpc) is 2.13. The van der Waals surface area contributed by atoms with Crippen molar-refractivity contribution >= 4 is 6.29 Å². The van der Waals surface area contributed by atoms with Gasteiger partial charge in [0.2, 0.25) is 0 Å². The van der Waals surface area contributed by atoms with E-state index in [0.717, 1.165) is 6.07 Å². The van der Waals surface area contributed by atoms with Gasteiger partial charge in [0.05, 0.1) is 0 Å². The number of aliphatic hydroxyl groups is 1. The van der Waals surface area contributed by atoms with E-state index in [-0.39, 0.29) is 6.29 Å². The lowest BCUT2D eigenvalue weighted by atomic mass is 10.1. The maximum absolute atomic E-state index is 12.8. The van der Waals surface area contributed by atoms with Crippen molar-refractivity contribution in [3.05, 3.63) is 35.1 Å². The van der Waals surface area contributed by atoms with Crippen LogP contribution in [0.2, 0.25) is 0 Å². The fraction of sp³-hybridized carbons (Fsp3) is 0.125. The van der Waals surface area contributed by atoms with Crippen LogP contribution in [0.4, 0.5) is 13.2 Å². The standard InChI is InChI=1S/C8H5F3O2/c9-5-2-1-4(6(13)3-12)7(10)8(5)11/h1-3,6,13H. The van der Waals surface area contributed by atoms with E-state index in [1.807, 2.05) is 0 Å². The van der Waals surface area contributed by atoms with Gasteiger partial charge in [-0.2, -0.15) is 0 Å². The molecule has 1 rings (SSSR count). The number of aldehydes is 1. The molecule has 0 aliphatic carbocycles. The first kappa shape index (κ1) is 9.73. The maximum Gasteiger partial charge on any atom is 0.194 e. The Bertz CT molecular complexity index is 338. The molecule has 1 N–H and O–H groups in total. The Balaban J connectivity index is 3.25. The number of halogens is 3. The number of carbonyl (C=O) groups excluding carboxylic acids is 1. The summed E-state index contributed by atoms with van der Waals surface area (Å²) in [6.07, 6.45) is -1.74.